The summed E-state index contributed by atoms with van der Waals surface area (Å²) in [5.41, 5.74) is 3.60. The molecule has 0 bridgehead atoms. The Bertz CT molecular complexity index is 1130. The lowest BCUT2D eigenvalue weighted by molar-refractivity contribution is -0.132. The van der Waals surface area contributed by atoms with Crippen LogP contribution < -0.4 is 5.32 Å². The maximum atomic E-state index is 13.5. The SMILES string of the molecule is Cc1ccc(CNC(=O)[C@@]2(C)Cc3ccccc3C(=O)N2Cc2cccc(Cl)c2)cc1. The second kappa shape index (κ2) is 8.56. The van der Waals surface area contributed by atoms with E-state index in [1.807, 2.05) is 80.6 Å². The lowest BCUT2D eigenvalue weighted by atomic mass is 9.82. The summed E-state index contributed by atoms with van der Waals surface area (Å²) in [7, 11) is 0. The third kappa shape index (κ3) is 4.35. The van der Waals surface area contributed by atoms with Gasteiger partial charge < -0.3 is 10.2 Å². The number of halogens is 1. The highest BCUT2D eigenvalue weighted by molar-refractivity contribution is 6.30. The van der Waals surface area contributed by atoms with Crippen LogP contribution in [0.15, 0.2) is 72.8 Å². The highest BCUT2D eigenvalue weighted by Crippen LogP contribution is 2.33. The standard InChI is InChI=1S/C26H25ClN2O2/c1-18-10-12-19(13-11-18)16-28-25(31)26(2)15-21-7-3-4-9-23(21)24(30)29(26)17-20-6-5-8-22(27)14-20/h3-14H,15-17H2,1-2H3,(H,28,31)/t26-/m1/s1. The average Bonchev–Trinajstić information content (AvgIpc) is 2.76. The first-order valence-electron chi connectivity index (χ1n) is 10.3. The summed E-state index contributed by atoms with van der Waals surface area (Å²) in [4.78, 5) is 28.6. The third-order valence-electron chi connectivity index (χ3n) is 5.92. The van der Waals surface area contributed by atoms with Gasteiger partial charge in [-0.15, -0.1) is 0 Å². The van der Waals surface area contributed by atoms with Gasteiger partial charge in [0.1, 0.15) is 5.54 Å². The van der Waals surface area contributed by atoms with Crippen molar-refractivity contribution in [2.75, 3.05) is 0 Å². The Kier molecular flexibility index (Phi) is 5.84. The summed E-state index contributed by atoms with van der Waals surface area (Å²) in [5.74, 6) is -0.312. The Morgan fingerprint density at radius 2 is 1.77 bits per heavy atom. The monoisotopic (exact) mass is 432 g/mol. The fourth-order valence-electron chi connectivity index (χ4n) is 4.06. The Balaban J connectivity index is 1.64. The molecule has 1 N–H and O–H groups in total. The zero-order chi connectivity index (χ0) is 22.0. The molecule has 1 aliphatic heterocycles. The molecule has 0 unspecified atom stereocenters. The molecular formula is C26H25ClN2O2. The van der Waals surface area contributed by atoms with Crippen LogP contribution >= 0.6 is 11.6 Å². The van der Waals surface area contributed by atoms with Crippen molar-refractivity contribution in [3.05, 3.63) is 106 Å². The number of amides is 2. The highest BCUT2D eigenvalue weighted by atomic mass is 35.5. The number of carbonyl (C=O) groups is 2. The number of nitrogens with zero attached hydrogens (tertiary/aromatic N) is 1. The second-order valence-corrected chi connectivity index (χ2v) is 8.73. The third-order valence-corrected chi connectivity index (χ3v) is 6.15. The van der Waals surface area contributed by atoms with Crippen LogP contribution in [0.2, 0.25) is 5.02 Å². The van der Waals surface area contributed by atoms with Crippen LogP contribution in [0.25, 0.3) is 0 Å². The van der Waals surface area contributed by atoms with Crippen LogP contribution in [0.1, 0.15) is 39.5 Å². The highest BCUT2D eigenvalue weighted by Gasteiger charge is 2.46. The van der Waals surface area contributed by atoms with Gasteiger partial charge in [-0.05, 0) is 48.7 Å². The van der Waals surface area contributed by atoms with Crippen molar-refractivity contribution in [1.29, 1.82) is 0 Å². The maximum absolute atomic E-state index is 13.5. The van der Waals surface area contributed by atoms with Crippen molar-refractivity contribution in [3.8, 4) is 0 Å². The molecule has 5 heteroatoms. The normalized spacial score (nSPS) is 17.9. The van der Waals surface area contributed by atoms with E-state index >= 15 is 0 Å². The van der Waals surface area contributed by atoms with Crippen LogP contribution in [-0.2, 0) is 24.3 Å². The van der Waals surface area contributed by atoms with Gasteiger partial charge in [-0.1, -0.05) is 71.8 Å². The summed E-state index contributed by atoms with van der Waals surface area (Å²) in [6.45, 7) is 4.59. The van der Waals surface area contributed by atoms with Gasteiger partial charge in [0.25, 0.3) is 5.91 Å². The Morgan fingerprint density at radius 3 is 2.52 bits per heavy atom. The van der Waals surface area contributed by atoms with Gasteiger partial charge in [-0.2, -0.15) is 0 Å². The summed E-state index contributed by atoms with van der Waals surface area (Å²) < 4.78 is 0. The first-order valence-corrected chi connectivity index (χ1v) is 10.7. The molecule has 2 amide bonds. The summed E-state index contributed by atoms with van der Waals surface area (Å²) in [6, 6.07) is 23.0. The topological polar surface area (TPSA) is 49.4 Å². The molecule has 1 atom stereocenters. The van der Waals surface area contributed by atoms with Crippen molar-refractivity contribution in [2.45, 2.75) is 38.9 Å². The Hall–Kier alpha value is -3.11. The molecule has 0 spiro atoms. The zero-order valence-electron chi connectivity index (χ0n) is 17.7. The van der Waals surface area contributed by atoms with Crippen LogP contribution in [0, 0.1) is 6.92 Å². The molecule has 0 radical (unpaired) electrons. The minimum absolute atomic E-state index is 0.144. The van der Waals surface area contributed by atoms with Crippen LogP contribution in [0.5, 0.6) is 0 Å². The molecule has 4 nitrogen and oxygen atoms in total. The average molecular weight is 433 g/mol. The first kappa shape index (κ1) is 21.1. The summed E-state index contributed by atoms with van der Waals surface area (Å²) >= 11 is 6.16. The number of carbonyl (C=O) groups excluding carboxylic acids is 2. The van der Waals surface area contributed by atoms with E-state index in [9.17, 15) is 9.59 Å². The van der Waals surface area contributed by atoms with Crippen molar-refractivity contribution >= 4 is 23.4 Å². The minimum Gasteiger partial charge on any atom is -0.350 e. The van der Waals surface area contributed by atoms with Gasteiger partial charge in [-0.3, -0.25) is 9.59 Å². The fraction of sp³-hybridized carbons (Fsp3) is 0.231. The largest absolute Gasteiger partial charge is 0.350 e. The molecular weight excluding hydrogens is 408 g/mol. The number of benzene rings is 3. The summed E-state index contributed by atoms with van der Waals surface area (Å²) in [5, 5.41) is 3.65. The predicted molar refractivity (Wildman–Crippen MR) is 123 cm³/mol. The molecule has 31 heavy (non-hydrogen) atoms. The van der Waals surface area contributed by atoms with Crippen molar-refractivity contribution in [2.24, 2.45) is 0 Å². The smallest absolute Gasteiger partial charge is 0.255 e. The Morgan fingerprint density at radius 1 is 1.03 bits per heavy atom. The number of rotatable bonds is 5. The van der Waals surface area contributed by atoms with Gasteiger partial charge in [0.2, 0.25) is 5.91 Å². The first-order chi connectivity index (χ1) is 14.9. The number of fused-ring (bicyclic) bond motifs is 1. The molecule has 1 heterocycles. The lowest BCUT2D eigenvalue weighted by Crippen LogP contribution is -2.62. The molecule has 158 valence electrons. The molecule has 3 aromatic carbocycles. The van der Waals surface area contributed by atoms with Crippen LogP contribution in [0.4, 0.5) is 0 Å². The van der Waals surface area contributed by atoms with Gasteiger partial charge >= 0.3 is 0 Å². The lowest BCUT2D eigenvalue weighted by Gasteiger charge is -2.44. The number of hydrogen-bond acceptors (Lipinski definition) is 2. The molecule has 0 aromatic heterocycles. The van der Waals surface area contributed by atoms with E-state index in [0.717, 1.165) is 16.7 Å². The van der Waals surface area contributed by atoms with Gasteiger partial charge in [0.05, 0.1) is 0 Å². The van der Waals surface area contributed by atoms with E-state index < -0.39 is 5.54 Å². The molecule has 3 aromatic rings. The van der Waals surface area contributed by atoms with Gasteiger partial charge in [0, 0.05) is 30.1 Å². The van der Waals surface area contributed by atoms with E-state index in [1.165, 1.54) is 5.56 Å². The zero-order valence-corrected chi connectivity index (χ0v) is 18.4. The molecule has 4 rings (SSSR count). The summed E-state index contributed by atoms with van der Waals surface area (Å²) in [6.07, 6.45) is 0.454. The Labute approximate surface area is 187 Å². The van der Waals surface area contributed by atoms with Crippen LogP contribution in [-0.4, -0.2) is 22.3 Å². The van der Waals surface area contributed by atoms with E-state index in [1.54, 1.807) is 11.0 Å². The molecule has 0 aliphatic carbocycles. The van der Waals surface area contributed by atoms with Crippen LogP contribution in [0.3, 0.4) is 0 Å². The van der Waals surface area contributed by atoms with E-state index in [2.05, 4.69) is 5.32 Å². The number of aryl methyl sites for hydroxylation is 1. The quantitative estimate of drug-likeness (QED) is 0.622. The van der Waals surface area contributed by atoms with Gasteiger partial charge in [0.15, 0.2) is 0 Å². The maximum Gasteiger partial charge on any atom is 0.255 e. The molecule has 1 aliphatic rings. The van der Waals surface area contributed by atoms with E-state index in [-0.39, 0.29) is 11.8 Å². The molecule has 0 fully saturated rings. The van der Waals surface area contributed by atoms with E-state index in [0.29, 0.717) is 30.1 Å². The number of nitrogens with one attached hydrogen (secondary N) is 1. The second-order valence-electron chi connectivity index (χ2n) is 8.30. The molecule has 0 saturated heterocycles. The van der Waals surface area contributed by atoms with Crippen molar-refractivity contribution < 1.29 is 9.59 Å². The fourth-order valence-corrected chi connectivity index (χ4v) is 4.28. The van der Waals surface area contributed by atoms with E-state index in [4.69, 9.17) is 11.6 Å². The number of hydrogen-bond donors (Lipinski definition) is 1. The predicted octanol–water partition coefficient (Wildman–Crippen LogP) is 4.92. The van der Waals surface area contributed by atoms with Crippen molar-refractivity contribution in [1.82, 2.24) is 10.2 Å². The van der Waals surface area contributed by atoms with Crippen molar-refractivity contribution in [3.63, 3.8) is 0 Å². The minimum atomic E-state index is -1.02. The molecule has 0 saturated carbocycles. The van der Waals surface area contributed by atoms with Gasteiger partial charge in [-0.25, -0.2) is 0 Å².